The summed E-state index contributed by atoms with van der Waals surface area (Å²) in [6.45, 7) is -0.357. The second-order valence-corrected chi connectivity index (χ2v) is 2.51. The van der Waals surface area contributed by atoms with Crippen molar-refractivity contribution in [2.24, 2.45) is 0 Å². The van der Waals surface area contributed by atoms with Gasteiger partial charge in [0.15, 0.2) is 0 Å². The lowest BCUT2D eigenvalue weighted by Gasteiger charge is -2.01. The molecule has 0 fully saturated rings. The molecule has 0 aliphatic carbocycles. The van der Waals surface area contributed by atoms with E-state index in [9.17, 15) is 9.59 Å². The number of hydrogen-bond acceptors (Lipinski definition) is 4. The van der Waals surface area contributed by atoms with Crippen LogP contribution in [-0.2, 0) is 9.68 Å². The van der Waals surface area contributed by atoms with Crippen LogP contribution in [0.3, 0.4) is 0 Å². The van der Waals surface area contributed by atoms with Crippen molar-refractivity contribution in [1.82, 2.24) is 5.32 Å². The minimum absolute atomic E-state index is 0.357. The molecule has 0 saturated carbocycles. The van der Waals surface area contributed by atoms with Crippen molar-refractivity contribution in [1.29, 1.82) is 0 Å². The van der Waals surface area contributed by atoms with E-state index in [2.05, 4.69) is 10.2 Å². The number of benzene rings is 1. The number of rotatable bonds is 3. The molecule has 1 rings (SSSR count). The Bertz CT molecular complexity index is 323. The first-order valence-electron chi connectivity index (χ1n) is 3.91. The van der Waals surface area contributed by atoms with Crippen LogP contribution in [0.2, 0.25) is 0 Å². The lowest BCUT2D eigenvalue weighted by molar-refractivity contribution is -0.232. The summed E-state index contributed by atoms with van der Waals surface area (Å²) in [7, 11) is 0. The minimum Gasteiger partial charge on any atom is -0.341 e. The van der Waals surface area contributed by atoms with E-state index in [0.717, 1.165) is 0 Å². The van der Waals surface area contributed by atoms with Gasteiger partial charge in [-0.1, -0.05) is 18.2 Å². The van der Waals surface area contributed by atoms with Gasteiger partial charge in [-0.3, -0.25) is 9.68 Å². The largest absolute Gasteiger partial charge is 0.360 e. The summed E-state index contributed by atoms with van der Waals surface area (Å²) < 4.78 is 0. The van der Waals surface area contributed by atoms with E-state index < -0.39 is 11.9 Å². The summed E-state index contributed by atoms with van der Waals surface area (Å²) in [6.07, 6.45) is 0. The van der Waals surface area contributed by atoms with Crippen LogP contribution in [0.4, 0.5) is 0 Å². The van der Waals surface area contributed by atoms with Crippen molar-refractivity contribution >= 4 is 11.9 Å². The van der Waals surface area contributed by atoms with E-state index in [-0.39, 0.29) is 6.54 Å². The Kier molecular flexibility index (Phi) is 3.63. The highest BCUT2D eigenvalue weighted by atomic mass is 17.1. The average Bonchev–Trinajstić information content (AvgIpc) is 2.26. The van der Waals surface area contributed by atoms with Gasteiger partial charge in [0.05, 0.1) is 0 Å². The molecule has 0 bridgehead atoms. The van der Waals surface area contributed by atoms with Crippen LogP contribution in [0.15, 0.2) is 30.3 Å². The van der Waals surface area contributed by atoms with Gasteiger partial charge < -0.3 is 5.32 Å². The lowest BCUT2D eigenvalue weighted by atomic mass is 10.2. The first kappa shape index (κ1) is 10.2. The maximum Gasteiger partial charge on any atom is 0.360 e. The SMILES string of the molecule is O=C(CNC(=O)c1ccccc1)OO. The Labute approximate surface area is 80.2 Å². The highest BCUT2D eigenvalue weighted by Crippen LogP contribution is 1.97. The van der Waals surface area contributed by atoms with Crippen molar-refractivity contribution < 1.29 is 19.7 Å². The van der Waals surface area contributed by atoms with E-state index in [1.54, 1.807) is 30.3 Å². The van der Waals surface area contributed by atoms with Gasteiger partial charge >= 0.3 is 5.97 Å². The molecule has 0 aliphatic heterocycles. The van der Waals surface area contributed by atoms with Crippen molar-refractivity contribution in [2.45, 2.75) is 0 Å². The smallest absolute Gasteiger partial charge is 0.341 e. The molecule has 0 aliphatic rings. The second kappa shape index (κ2) is 4.98. The van der Waals surface area contributed by atoms with Crippen molar-refractivity contribution in [3.63, 3.8) is 0 Å². The van der Waals surface area contributed by atoms with Gasteiger partial charge in [0.2, 0.25) is 0 Å². The number of carbonyl (C=O) groups is 2. The Balaban J connectivity index is 2.48. The van der Waals surface area contributed by atoms with Gasteiger partial charge in [-0.05, 0) is 12.1 Å². The van der Waals surface area contributed by atoms with E-state index >= 15 is 0 Å². The van der Waals surface area contributed by atoms with Crippen LogP contribution in [0.1, 0.15) is 10.4 Å². The molecule has 0 radical (unpaired) electrons. The quantitative estimate of drug-likeness (QED) is 0.541. The van der Waals surface area contributed by atoms with Crippen LogP contribution < -0.4 is 5.32 Å². The molecule has 0 aromatic heterocycles. The maximum atomic E-state index is 11.3. The fourth-order valence-electron chi connectivity index (χ4n) is 0.876. The van der Waals surface area contributed by atoms with Crippen molar-refractivity contribution in [2.75, 3.05) is 6.54 Å². The minimum atomic E-state index is -0.908. The molecule has 1 aromatic rings. The van der Waals surface area contributed by atoms with E-state index in [1.807, 2.05) is 0 Å². The Morgan fingerprint density at radius 3 is 2.50 bits per heavy atom. The molecule has 0 unspecified atom stereocenters. The number of carbonyl (C=O) groups excluding carboxylic acids is 2. The average molecular weight is 195 g/mol. The van der Waals surface area contributed by atoms with Gasteiger partial charge in [-0.25, -0.2) is 4.79 Å². The maximum absolute atomic E-state index is 11.3. The third-order valence-corrected chi connectivity index (χ3v) is 1.53. The van der Waals surface area contributed by atoms with Crippen LogP contribution in [0, 0.1) is 0 Å². The zero-order valence-electron chi connectivity index (χ0n) is 7.27. The van der Waals surface area contributed by atoms with Gasteiger partial charge in [0, 0.05) is 5.56 Å². The topological polar surface area (TPSA) is 75.6 Å². The Morgan fingerprint density at radius 2 is 1.93 bits per heavy atom. The van der Waals surface area contributed by atoms with E-state index in [0.29, 0.717) is 5.56 Å². The molecule has 0 spiro atoms. The third kappa shape index (κ3) is 2.87. The highest BCUT2D eigenvalue weighted by molar-refractivity contribution is 5.95. The third-order valence-electron chi connectivity index (χ3n) is 1.53. The molecule has 0 heterocycles. The van der Waals surface area contributed by atoms with Crippen LogP contribution >= 0.6 is 0 Å². The number of nitrogens with one attached hydrogen (secondary N) is 1. The van der Waals surface area contributed by atoms with Crippen LogP contribution in [0.25, 0.3) is 0 Å². The first-order valence-corrected chi connectivity index (χ1v) is 3.91. The van der Waals surface area contributed by atoms with Gasteiger partial charge in [0.25, 0.3) is 5.91 Å². The summed E-state index contributed by atoms with van der Waals surface area (Å²) in [4.78, 5) is 25.1. The molecule has 14 heavy (non-hydrogen) atoms. The normalized spacial score (nSPS) is 9.21. The molecule has 1 aromatic carbocycles. The second-order valence-electron chi connectivity index (χ2n) is 2.51. The van der Waals surface area contributed by atoms with Crippen LogP contribution in [0.5, 0.6) is 0 Å². The van der Waals surface area contributed by atoms with Gasteiger partial charge in [0.1, 0.15) is 6.54 Å². The predicted octanol–water partition coefficient (Wildman–Crippen LogP) is 0.433. The molecule has 74 valence electrons. The number of amides is 1. The molecule has 2 N–H and O–H groups in total. The van der Waals surface area contributed by atoms with E-state index in [1.165, 1.54) is 0 Å². The Hall–Kier alpha value is -1.88. The van der Waals surface area contributed by atoms with E-state index in [4.69, 9.17) is 5.26 Å². The fraction of sp³-hybridized carbons (Fsp3) is 0.111. The first-order chi connectivity index (χ1) is 6.74. The number of hydrogen-bond donors (Lipinski definition) is 2. The molecule has 1 amide bonds. The monoisotopic (exact) mass is 195 g/mol. The summed E-state index contributed by atoms with van der Waals surface area (Å²) >= 11 is 0. The fourth-order valence-corrected chi connectivity index (χ4v) is 0.876. The van der Waals surface area contributed by atoms with Gasteiger partial charge in [-0.15, -0.1) is 0 Å². The zero-order chi connectivity index (χ0) is 10.4. The van der Waals surface area contributed by atoms with Crippen molar-refractivity contribution in [3.8, 4) is 0 Å². The molecular weight excluding hydrogens is 186 g/mol. The van der Waals surface area contributed by atoms with Gasteiger partial charge in [-0.2, -0.15) is 5.26 Å². The summed E-state index contributed by atoms with van der Waals surface area (Å²) in [5, 5.41) is 10.2. The van der Waals surface area contributed by atoms with Crippen molar-refractivity contribution in [3.05, 3.63) is 35.9 Å². The molecule has 5 heteroatoms. The Morgan fingerprint density at radius 1 is 1.29 bits per heavy atom. The summed E-state index contributed by atoms with van der Waals surface area (Å²) in [6, 6.07) is 8.41. The molecule has 5 nitrogen and oxygen atoms in total. The zero-order valence-corrected chi connectivity index (χ0v) is 7.27. The highest BCUT2D eigenvalue weighted by Gasteiger charge is 2.07. The molecule has 0 atom stereocenters. The summed E-state index contributed by atoms with van der Waals surface area (Å²) in [5.74, 6) is -1.30. The lowest BCUT2D eigenvalue weighted by Crippen LogP contribution is -2.30. The summed E-state index contributed by atoms with van der Waals surface area (Å²) in [5.41, 5.74) is 0.443. The molecular formula is C9H9NO4. The standard InChI is InChI=1S/C9H9NO4/c11-8(14-13)6-10-9(12)7-4-2-1-3-5-7/h1-5,13H,6H2,(H,10,12). The molecule has 0 saturated heterocycles. The van der Waals surface area contributed by atoms with Crippen LogP contribution in [-0.4, -0.2) is 23.7 Å². The predicted molar refractivity (Wildman–Crippen MR) is 47.5 cm³/mol.